The van der Waals surface area contributed by atoms with E-state index in [2.05, 4.69) is 16.3 Å². The van der Waals surface area contributed by atoms with Crippen LogP contribution in [-0.4, -0.2) is 36.8 Å². The van der Waals surface area contributed by atoms with Gasteiger partial charge < -0.3 is 10.1 Å². The first kappa shape index (κ1) is 32.4. The highest BCUT2D eigenvalue weighted by Crippen LogP contribution is 2.39. The summed E-state index contributed by atoms with van der Waals surface area (Å²) in [6.07, 6.45) is 9.44. The molecule has 1 aromatic heterocycles. The summed E-state index contributed by atoms with van der Waals surface area (Å²) in [7, 11) is 0. The summed E-state index contributed by atoms with van der Waals surface area (Å²) in [4.78, 5) is 33.8. The zero-order valence-corrected chi connectivity index (χ0v) is 25.3. The Morgan fingerprint density at radius 3 is 2.38 bits per heavy atom. The van der Waals surface area contributed by atoms with Crippen LogP contribution >= 0.6 is 23.2 Å². The summed E-state index contributed by atoms with van der Waals surface area (Å²) in [5.74, 6) is 3.51. The second kappa shape index (κ2) is 14.2. The maximum Gasteiger partial charge on any atom is 0.350 e. The number of terminal acetylenes is 1. The molecule has 0 atom stereocenters. The normalized spacial score (nSPS) is 12.1. The third-order valence-corrected chi connectivity index (χ3v) is 7.62. The minimum Gasteiger partial charge on any atom is -0.479 e. The summed E-state index contributed by atoms with van der Waals surface area (Å²) in [6.45, 7) is 7.86. The summed E-state index contributed by atoms with van der Waals surface area (Å²) in [5.41, 5.74) is 0.784. The number of benzene rings is 2. The van der Waals surface area contributed by atoms with E-state index in [1.165, 1.54) is 16.8 Å². The molecule has 2 heterocycles. The minimum absolute atomic E-state index is 0.0109. The Morgan fingerprint density at radius 1 is 1.12 bits per heavy atom. The number of halogens is 2. The van der Waals surface area contributed by atoms with E-state index >= 15 is 0 Å². The van der Waals surface area contributed by atoms with Crippen LogP contribution in [0.1, 0.15) is 56.5 Å². The lowest BCUT2D eigenvalue weighted by molar-refractivity contribution is -0.392. The van der Waals surface area contributed by atoms with Crippen LogP contribution in [0.3, 0.4) is 0 Å². The highest BCUT2D eigenvalue weighted by molar-refractivity contribution is 6.36. The molecule has 0 bridgehead atoms. The second-order valence-electron chi connectivity index (χ2n) is 9.68. The SMILES string of the molecule is C#CCOc1cc(-n2nc3n(c2=O)CCCC3)c(Cl)cc1Cl.CCC(CC)Nc1c([N+](=O)[O-])cc(C)c(C)c1[N+](=O)[O-]. The van der Waals surface area contributed by atoms with Crippen molar-refractivity contribution in [2.45, 2.75) is 72.4 Å². The molecule has 0 amide bonds. The van der Waals surface area contributed by atoms with Gasteiger partial charge in [-0.05, 0) is 51.2 Å². The van der Waals surface area contributed by atoms with Crippen molar-refractivity contribution < 1.29 is 14.6 Å². The Kier molecular flexibility index (Phi) is 11.0. The van der Waals surface area contributed by atoms with E-state index in [0.717, 1.165) is 37.9 Å². The number of rotatable bonds is 9. The van der Waals surface area contributed by atoms with Crippen LogP contribution in [-0.2, 0) is 13.0 Å². The maximum absolute atomic E-state index is 12.5. The standard InChI is InChI=1S/C15H13Cl2N3O2.C13H19N3O4/c1-2-7-22-13-9-12(10(16)8-11(13)17)20-15(21)19-6-4-3-5-14(19)18-20;1-5-10(6-2)14-12-11(15(17)18)7-8(3)9(4)13(12)16(19)20/h1,8-9H,3-7H2;7,10,14H,5-6H2,1-4H3. The molecule has 0 fully saturated rings. The van der Waals surface area contributed by atoms with Gasteiger partial charge in [0.05, 0.1) is 25.6 Å². The van der Waals surface area contributed by atoms with Crippen molar-refractivity contribution in [2.24, 2.45) is 0 Å². The van der Waals surface area contributed by atoms with E-state index in [9.17, 15) is 25.0 Å². The fraction of sp³-hybridized carbons (Fsp3) is 0.429. The highest BCUT2D eigenvalue weighted by atomic mass is 35.5. The molecule has 224 valence electrons. The van der Waals surface area contributed by atoms with Crippen molar-refractivity contribution >= 4 is 40.3 Å². The number of anilines is 1. The van der Waals surface area contributed by atoms with Crippen LogP contribution in [0.2, 0.25) is 10.0 Å². The summed E-state index contributed by atoms with van der Waals surface area (Å²) in [5, 5.41) is 30.4. The quantitative estimate of drug-likeness (QED) is 0.164. The lowest BCUT2D eigenvalue weighted by atomic mass is 10.0. The smallest absolute Gasteiger partial charge is 0.350 e. The van der Waals surface area contributed by atoms with E-state index in [1.807, 2.05) is 13.8 Å². The molecule has 0 radical (unpaired) electrons. The van der Waals surface area contributed by atoms with Crippen molar-refractivity contribution in [3.05, 3.63) is 75.9 Å². The molecule has 2 aromatic carbocycles. The fourth-order valence-electron chi connectivity index (χ4n) is 4.56. The molecule has 0 aliphatic carbocycles. The molecule has 42 heavy (non-hydrogen) atoms. The van der Waals surface area contributed by atoms with E-state index < -0.39 is 9.85 Å². The average Bonchev–Trinajstić information content (AvgIpc) is 3.29. The number of nitro groups is 2. The number of nitrogens with one attached hydrogen (secondary N) is 1. The Labute approximate surface area is 252 Å². The van der Waals surface area contributed by atoms with E-state index in [-0.39, 0.29) is 35.4 Å². The van der Waals surface area contributed by atoms with Gasteiger partial charge in [0.1, 0.15) is 18.2 Å². The predicted octanol–water partition coefficient (Wildman–Crippen LogP) is 6.41. The maximum atomic E-state index is 12.5. The Balaban J connectivity index is 0.000000232. The van der Waals surface area contributed by atoms with Gasteiger partial charge in [0.2, 0.25) is 0 Å². The first-order valence-corrected chi connectivity index (χ1v) is 14.1. The molecule has 3 aromatic rings. The molecule has 1 N–H and O–H groups in total. The van der Waals surface area contributed by atoms with Crippen LogP contribution < -0.4 is 15.7 Å². The zero-order valence-electron chi connectivity index (χ0n) is 23.8. The van der Waals surface area contributed by atoms with Crippen LogP contribution in [0.4, 0.5) is 17.1 Å². The highest BCUT2D eigenvalue weighted by Gasteiger charge is 2.30. The number of nitrogens with zero attached hydrogens (tertiary/aromatic N) is 5. The monoisotopic (exact) mass is 618 g/mol. The number of hydrogen-bond acceptors (Lipinski definition) is 8. The molecule has 4 rings (SSSR count). The van der Waals surface area contributed by atoms with Crippen molar-refractivity contribution in [1.29, 1.82) is 0 Å². The van der Waals surface area contributed by atoms with Crippen molar-refractivity contribution in [2.75, 3.05) is 11.9 Å². The van der Waals surface area contributed by atoms with Gasteiger partial charge in [-0.25, -0.2) is 4.79 Å². The van der Waals surface area contributed by atoms with Gasteiger partial charge in [-0.1, -0.05) is 43.0 Å². The van der Waals surface area contributed by atoms with Gasteiger partial charge in [-0.15, -0.1) is 11.5 Å². The second-order valence-corrected chi connectivity index (χ2v) is 10.5. The third kappa shape index (κ3) is 7.03. The predicted molar refractivity (Wildman–Crippen MR) is 162 cm³/mol. The minimum atomic E-state index is -0.579. The fourth-order valence-corrected chi connectivity index (χ4v) is 5.08. The first-order chi connectivity index (χ1) is 19.9. The van der Waals surface area contributed by atoms with E-state index in [4.69, 9.17) is 34.4 Å². The molecule has 14 heteroatoms. The van der Waals surface area contributed by atoms with E-state index in [1.54, 1.807) is 24.5 Å². The summed E-state index contributed by atoms with van der Waals surface area (Å²) >= 11 is 12.3. The zero-order chi connectivity index (χ0) is 31.1. The Hall–Kier alpha value is -4.08. The number of ether oxygens (including phenoxy) is 1. The van der Waals surface area contributed by atoms with Crippen molar-refractivity contribution in [1.82, 2.24) is 14.3 Å². The van der Waals surface area contributed by atoms with Gasteiger partial charge in [-0.3, -0.25) is 24.8 Å². The number of nitro benzene ring substituents is 2. The van der Waals surface area contributed by atoms with Crippen LogP contribution in [0, 0.1) is 46.4 Å². The molecule has 1 aliphatic heterocycles. The lowest BCUT2D eigenvalue weighted by Crippen LogP contribution is -2.26. The molecular weight excluding hydrogens is 587 g/mol. The van der Waals surface area contributed by atoms with Gasteiger partial charge in [-0.2, -0.15) is 4.68 Å². The Bertz CT molecular complexity index is 1590. The molecule has 12 nitrogen and oxygen atoms in total. The number of aromatic nitrogens is 3. The van der Waals surface area contributed by atoms with Crippen LogP contribution in [0.15, 0.2) is 23.0 Å². The summed E-state index contributed by atoms with van der Waals surface area (Å²) < 4.78 is 8.34. The number of hydrogen-bond donors (Lipinski definition) is 1. The molecule has 0 spiro atoms. The van der Waals surface area contributed by atoms with E-state index in [0.29, 0.717) is 39.2 Å². The van der Waals surface area contributed by atoms with Gasteiger partial charge in [0, 0.05) is 36.7 Å². The first-order valence-electron chi connectivity index (χ1n) is 13.4. The Morgan fingerprint density at radius 2 is 1.81 bits per heavy atom. The van der Waals surface area contributed by atoms with Crippen LogP contribution in [0.5, 0.6) is 5.75 Å². The molecule has 0 saturated carbocycles. The number of aryl methyl sites for hydroxylation is 2. The van der Waals surface area contributed by atoms with Crippen molar-refractivity contribution in [3.8, 4) is 23.8 Å². The number of fused-ring (bicyclic) bond motifs is 1. The molecule has 1 aliphatic rings. The summed E-state index contributed by atoms with van der Waals surface area (Å²) in [6, 6.07) is 4.46. The average molecular weight is 620 g/mol. The third-order valence-electron chi connectivity index (χ3n) is 7.02. The molecule has 0 unspecified atom stereocenters. The van der Waals surface area contributed by atoms with Gasteiger partial charge in [0.25, 0.3) is 5.69 Å². The molecular formula is C28H32Cl2N6O6. The van der Waals surface area contributed by atoms with Crippen LogP contribution in [0.25, 0.3) is 5.69 Å². The lowest BCUT2D eigenvalue weighted by Gasteiger charge is -2.17. The van der Waals surface area contributed by atoms with Crippen molar-refractivity contribution in [3.63, 3.8) is 0 Å². The van der Waals surface area contributed by atoms with Gasteiger partial charge in [0.15, 0.2) is 5.69 Å². The van der Waals surface area contributed by atoms with Gasteiger partial charge >= 0.3 is 11.4 Å². The topological polar surface area (TPSA) is 147 Å². The largest absolute Gasteiger partial charge is 0.479 e. The molecule has 0 saturated heterocycles.